The fourth-order valence-corrected chi connectivity index (χ4v) is 19.9. The van der Waals surface area contributed by atoms with Gasteiger partial charge in [0.1, 0.15) is 0 Å². The minimum atomic E-state index is -2.72. The summed E-state index contributed by atoms with van der Waals surface area (Å²) in [6.07, 6.45) is 0. The first-order valence-electron chi connectivity index (χ1n) is 8.44. The topological polar surface area (TPSA) is 36.9 Å². The minimum Gasteiger partial charge on any atom is -0.437 e. The van der Waals surface area contributed by atoms with Crippen molar-refractivity contribution >= 4 is 45.6 Å². The molecule has 0 spiro atoms. The summed E-state index contributed by atoms with van der Waals surface area (Å²) in [5.41, 5.74) is 0. The van der Waals surface area contributed by atoms with E-state index in [4.69, 9.17) is 28.4 Å². The minimum absolute atomic E-state index is 0.358. The summed E-state index contributed by atoms with van der Waals surface area (Å²) in [6.45, 7) is 22.0. The molecule has 0 bridgehead atoms. The van der Waals surface area contributed by atoms with E-state index in [9.17, 15) is 0 Å². The Morgan fingerprint density at radius 3 is 1.65 bits per heavy atom. The van der Waals surface area contributed by atoms with Crippen LogP contribution in [0.3, 0.4) is 0 Å². The molecule has 0 saturated carbocycles. The second-order valence-corrected chi connectivity index (χ2v) is 24.3. The van der Waals surface area contributed by atoms with Crippen LogP contribution in [0.15, 0.2) is 0 Å². The van der Waals surface area contributed by atoms with Crippen molar-refractivity contribution in [1.82, 2.24) is 0 Å². The largest absolute Gasteiger partial charge is 0.478 e. The first-order valence-corrected chi connectivity index (χ1v) is 20.5. The zero-order valence-corrected chi connectivity index (χ0v) is 21.5. The van der Waals surface area contributed by atoms with Gasteiger partial charge in [-0.2, -0.15) is 0 Å². The number of alkyl halides is 1. The van der Waals surface area contributed by atoms with Gasteiger partial charge in [-0.15, -0.1) is 11.6 Å². The molecule has 0 aromatic heterocycles. The zero-order valence-electron chi connectivity index (χ0n) is 16.7. The van der Waals surface area contributed by atoms with E-state index in [-0.39, 0.29) is 0 Å². The number of rotatable bonds is 11. The van der Waals surface area contributed by atoms with Gasteiger partial charge in [-0.25, -0.2) is 0 Å². The smallest absolute Gasteiger partial charge is 0.437 e. The summed E-state index contributed by atoms with van der Waals surface area (Å²) in [5.74, 6) is 0.972. The number of halogens is 1. The first-order chi connectivity index (χ1) is 10.1. The lowest BCUT2D eigenvalue weighted by molar-refractivity contribution is 0.161. The summed E-state index contributed by atoms with van der Waals surface area (Å²) >= 11 is 6.05. The third-order valence-corrected chi connectivity index (χ3v) is 16.9. The molecule has 0 aromatic rings. The summed E-state index contributed by atoms with van der Waals surface area (Å²) in [5, 5.41) is 0. The normalized spacial score (nSPS) is 20.0. The molecule has 3 atom stereocenters. The van der Waals surface area contributed by atoms with Crippen LogP contribution < -0.4 is 0 Å². The molecule has 4 nitrogen and oxygen atoms in total. The van der Waals surface area contributed by atoms with E-state index in [0.717, 1.165) is 6.04 Å². The van der Waals surface area contributed by atoms with Crippen molar-refractivity contribution in [3.63, 3.8) is 0 Å². The van der Waals surface area contributed by atoms with E-state index in [1.54, 1.807) is 0 Å². The van der Waals surface area contributed by atoms with E-state index >= 15 is 0 Å². The van der Waals surface area contributed by atoms with Crippen LogP contribution in [-0.2, 0) is 16.8 Å². The van der Waals surface area contributed by atoms with Gasteiger partial charge in [-0.1, -0.05) is 6.92 Å². The average molecular weight is 417 g/mol. The van der Waals surface area contributed by atoms with Crippen molar-refractivity contribution in [2.45, 2.75) is 72.3 Å². The second kappa shape index (κ2) is 9.09. The fourth-order valence-electron chi connectivity index (χ4n) is 2.73. The van der Waals surface area contributed by atoms with Gasteiger partial charge in [-0.05, 0) is 64.7 Å². The van der Waals surface area contributed by atoms with Crippen LogP contribution in [0.5, 0.6) is 0 Å². The molecule has 23 heavy (non-hydrogen) atoms. The fraction of sp³-hybridized carbons (Fsp3) is 1.00. The molecule has 0 fully saturated rings. The second-order valence-electron chi connectivity index (χ2n) is 8.42. The van der Waals surface area contributed by atoms with Crippen LogP contribution in [0.4, 0.5) is 0 Å². The molecular weight excluding hydrogens is 380 g/mol. The van der Waals surface area contributed by atoms with Gasteiger partial charge >= 0.3 is 17.4 Å². The lowest BCUT2D eigenvalue weighted by Crippen LogP contribution is -2.60. The average Bonchev–Trinajstić information content (AvgIpc) is 2.21. The molecule has 9 heteroatoms. The predicted octanol–water partition coefficient (Wildman–Crippen LogP) is 5.26. The molecule has 0 aliphatic carbocycles. The Labute approximate surface area is 153 Å². The van der Waals surface area contributed by atoms with Crippen molar-refractivity contribution in [3.8, 4) is 0 Å². The molecule has 0 aromatic carbocycles. The van der Waals surface area contributed by atoms with Gasteiger partial charge in [0.05, 0.1) is 0 Å². The van der Waals surface area contributed by atoms with Gasteiger partial charge < -0.3 is 16.8 Å². The number of hydrogen-bond acceptors (Lipinski definition) is 4. The van der Waals surface area contributed by atoms with E-state index in [0.29, 0.717) is 18.4 Å². The molecule has 0 heterocycles. The van der Waals surface area contributed by atoms with Gasteiger partial charge in [0.2, 0.25) is 0 Å². The molecular formula is C14H37ClO4Si4. The standard InChI is InChI=1S/C14H37ClO4Si4/c1-11-16-23(10,18-21(6,7)8)19-22(9,13-14(2)12-15)17-20(3,4)5/h14H,11-13H2,1-10H3. The van der Waals surface area contributed by atoms with Crippen molar-refractivity contribution < 1.29 is 16.8 Å². The molecule has 3 unspecified atom stereocenters. The van der Waals surface area contributed by atoms with Crippen LogP contribution >= 0.6 is 11.6 Å². The maximum Gasteiger partial charge on any atom is 0.478 e. The molecule has 0 rings (SSSR count). The third-order valence-electron chi connectivity index (χ3n) is 2.80. The highest BCUT2D eigenvalue weighted by Gasteiger charge is 2.49. The van der Waals surface area contributed by atoms with Crippen molar-refractivity contribution in [2.24, 2.45) is 5.92 Å². The van der Waals surface area contributed by atoms with Crippen molar-refractivity contribution in [1.29, 1.82) is 0 Å². The molecule has 0 radical (unpaired) electrons. The number of hydrogen-bond donors (Lipinski definition) is 0. The van der Waals surface area contributed by atoms with Gasteiger partial charge in [0, 0.05) is 19.0 Å². The van der Waals surface area contributed by atoms with Crippen LogP contribution in [0, 0.1) is 5.92 Å². The Bertz CT molecular complexity index is 362. The molecule has 0 amide bonds. The van der Waals surface area contributed by atoms with Gasteiger partial charge in [0.15, 0.2) is 16.6 Å². The molecule has 0 saturated heterocycles. The summed E-state index contributed by atoms with van der Waals surface area (Å²) < 4.78 is 25.5. The Kier molecular flexibility index (Phi) is 9.48. The lowest BCUT2D eigenvalue weighted by atomic mass is 10.3. The van der Waals surface area contributed by atoms with E-state index < -0.39 is 34.0 Å². The Morgan fingerprint density at radius 2 is 1.30 bits per heavy atom. The van der Waals surface area contributed by atoms with Crippen molar-refractivity contribution in [3.05, 3.63) is 0 Å². The van der Waals surface area contributed by atoms with Crippen LogP contribution in [0.2, 0.25) is 58.4 Å². The van der Waals surface area contributed by atoms with E-state index in [1.165, 1.54) is 0 Å². The molecule has 0 aliphatic heterocycles. The quantitative estimate of drug-likeness (QED) is 0.340. The molecule has 140 valence electrons. The summed E-state index contributed by atoms with van der Waals surface area (Å²) in [4.78, 5) is 0. The Morgan fingerprint density at radius 1 is 0.826 bits per heavy atom. The van der Waals surface area contributed by atoms with Gasteiger partial charge in [-0.3, -0.25) is 0 Å². The highest BCUT2D eigenvalue weighted by Crippen LogP contribution is 2.30. The van der Waals surface area contributed by atoms with Crippen LogP contribution in [0.1, 0.15) is 13.8 Å². The highest BCUT2D eigenvalue weighted by atomic mass is 35.5. The first kappa shape index (κ1) is 24.0. The van der Waals surface area contributed by atoms with Crippen LogP contribution in [0.25, 0.3) is 0 Å². The zero-order chi connectivity index (χ0) is 18.5. The highest BCUT2D eigenvalue weighted by molar-refractivity contribution is 6.88. The van der Waals surface area contributed by atoms with E-state index in [2.05, 4.69) is 52.8 Å². The van der Waals surface area contributed by atoms with Gasteiger partial charge in [0.25, 0.3) is 0 Å². The lowest BCUT2D eigenvalue weighted by Gasteiger charge is -2.42. The van der Waals surface area contributed by atoms with Crippen molar-refractivity contribution in [2.75, 3.05) is 12.5 Å². The van der Waals surface area contributed by atoms with E-state index in [1.807, 2.05) is 13.5 Å². The molecule has 0 N–H and O–H groups in total. The third kappa shape index (κ3) is 11.3. The summed E-state index contributed by atoms with van der Waals surface area (Å²) in [6, 6.07) is 0.867. The van der Waals surface area contributed by atoms with Crippen LogP contribution in [-0.4, -0.2) is 46.5 Å². The summed E-state index contributed by atoms with van der Waals surface area (Å²) in [7, 11) is -8.66. The maximum atomic E-state index is 6.61. The SMILES string of the molecule is CCO[Si](C)(O[Si](C)(C)C)O[Si](C)(CC(C)CCl)O[Si](C)(C)C. The predicted molar refractivity (Wildman–Crippen MR) is 110 cm³/mol. The maximum absolute atomic E-state index is 6.61. The Hall–Kier alpha value is 0.998. The molecule has 0 aliphatic rings. The Balaban J connectivity index is 5.42. The monoisotopic (exact) mass is 416 g/mol.